The quantitative estimate of drug-likeness (QED) is 0.224. The molecule has 3 aromatic rings. The number of non-ortho nitro benzene ring substituents is 1. The van der Waals surface area contributed by atoms with E-state index >= 15 is 0 Å². The highest BCUT2D eigenvalue weighted by molar-refractivity contribution is 7.99. The minimum atomic E-state index is -0.554. The van der Waals surface area contributed by atoms with Crippen molar-refractivity contribution in [3.63, 3.8) is 0 Å². The predicted octanol–water partition coefficient (Wildman–Crippen LogP) is 3.58. The molecule has 1 heterocycles. The number of aromatic nitrogens is 3. The Balaban J connectivity index is 1.61. The molecule has 3 rings (SSSR count). The maximum absolute atomic E-state index is 12.7. The summed E-state index contributed by atoms with van der Waals surface area (Å²) in [6.45, 7) is 3.80. The molecule has 0 aliphatic carbocycles. The van der Waals surface area contributed by atoms with Crippen molar-refractivity contribution in [2.45, 2.75) is 25.0 Å². The van der Waals surface area contributed by atoms with Crippen LogP contribution in [0.2, 0.25) is 0 Å². The molecule has 0 bridgehead atoms. The van der Waals surface area contributed by atoms with Crippen molar-refractivity contribution < 1.29 is 19.2 Å². The van der Waals surface area contributed by atoms with Gasteiger partial charge < -0.3 is 15.4 Å². The van der Waals surface area contributed by atoms with Crippen LogP contribution < -0.4 is 15.4 Å². The van der Waals surface area contributed by atoms with Gasteiger partial charge in [-0.15, -0.1) is 5.10 Å². The van der Waals surface area contributed by atoms with E-state index in [0.29, 0.717) is 22.4 Å². The van der Waals surface area contributed by atoms with Crippen molar-refractivity contribution in [3.05, 3.63) is 70.0 Å². The molecule has 0 saturated carbocycles. The molecule has 11 nitrogen and oxygen atoms in total. The molecule has 0 fully saturated rings. The highest BCUT2D eigenvalue weighted by Crippen LogP contribution is 2.23. The van der Waals surface area contributed by atoms with Crippen molar-refractivity contribution in [1.82, 2.24) is 20.5 Å². The van der Waals surface area contributed by atoms with Gasteiger partial charge in [0.15, 0.2) is 0 Å². The number of thioether (sulfide) groups is 1. The zero-order chi connectivity index (χ0) is 24.7. The third kappa shape index (κ3) is 6.54. The number of nitro groups is 1. The van der Waals surface area contributed by atoms with Crippen LogP contribution in [0.4, 0.5) is 11.4 Å². The number of nitrogens with zero attached hydrogens (tertiary/aromatic N) is 3. The van der Waals surface area contributed by atoms with Crippen LogP contribution in [-0.4, -0.2) is 44.8 Å². The molecule has 0 aliphatic heterocycles. The van der Waals surface area contributed by atoms with Gasteiger partial charge in [-0.3, -0.25) is 24.8 Å². The fourth-order valence-electron chi connectivity index (χ4n) is 3.03. The average molecular weight is 485 g/mol. The number of hydrogen-bond acceptors (Lipinski definition) is 8. The van der Waals surface area contributed by atoms with E-state index in [4.69, 9.17) is 4.74 Å². The molecule has 34 heavy (non-hydrogen) atoms. The van der Waals surface area contributed by atoms with E-state index in [-0.39, 0.29) is 28.8 Å². The lowest BCUT2D eigenvalue weighted by molar-refractivity contribution is -0.384. The molecule has 12 heteroatoms. The van der Waals surface area contributed by atoms with Crippen molar-refractivity contribution in [1.29, 1.82) is 0 Å². The minimum absolute atomic E-state index is 0.0511. The number of methoxy groups -OCH3 is 1. The van der Waals surface area contributed by atoms with E-state index in [1.165, 1.54) is 24.3 Å². The van der Waals surface area contributed by atoms with Gasteiger partial charge in [0.2, 0.25) is 11.1 Å². The van der Waals surface area contributed by atoms with Crippen molar-refractivity contribution in [3.8, 4) is 5.75 Å². The first-order chi connectivity index (χ1) is 16.3. The molecule has 0 aliphatic rings. The summed E-state index contributed by atoms with van der Waals surface area (Å²) < 4.78 is 5.14. The Bertz CT molecular complexity index is 1180. The Morgan fingerprint density at radius 2 is 1.97 bits per heavy atom. The fourth-order valence-corrected chi connectivity index (χ4v) is 3.63. The van der Waals surface area contributed by atoms with Gasteiger partial charge in [-0.25, -0.2) is 4.98 Å². The zero-order valence-electron chi connectivity index (χ0n) is 18.8. The lowest BCUT2D eigenvalue weighted by Crippen LogP contribution is -2.32. The number of carbonyl (C=O) groups excluding carboxylic acids is 2. The molecular weight excluding hydrogens is 460 g/mol. The number of amides is 2. The fraction of sp³-hybridized carbons (Fsp3) is 0.273. The number of hydrogen-bond donors (Lipinski definition) is 3. The number of ether oxygens (including phenoxy) is 1. The van der Waals surface area contributed by atoms with E-state index in [9.17, 15) is 19.7 Å². The predicted molar refractivity (Wildman–Crippen MR) is 127 cm³/mol. The van der Waals surface area contributed by atoms with Crippen LogP contribution in [0.25, 0.3) is 0 Å². The second kappa shape index (κ2) is 11.3. The van der Waals surface area contributed by atoms with E-state index < -0.39 is 16.9 Å². The maximum atomic E-state index is 12.7. The van der Waals surface area contributed by atoms with Gasteiger partial charge in [0.05, 0.1) is 23.8 Å². The van der Waals surface area contributed by atoms with Crippen LogP contribution in [0, 0.1) is 16.0 Å². The molecule has 1 aromatic heterocycles. The maximum Gasteiger partial charge on any atom is 0.270 e. The first kappa shape index (κ1) is 24.7. The van der Waals surface area contributed by atoms with Gasteiger partial charge in [-0.05, 0) is 24.1 Å². The number of aromatic amines is 1. The Labute approximate surface area is 199 Å². The number of carbonyl (C=O) groups is 2. The minimum Gasteiger partial charge on any atom is -0.497 e. The van der Waals surface area contributed by atoms with Gasteiger partial charge in [0.25, 0.3) is 11.6 Å². The van der Waals surface area contributed by atoms with Gasteiger partial charge in [-0.2, -0.15) is 0 Å². The van der Waals surface area contributed by atoms with E-state index in [2.05, 4.69) is 25.8 Å². The lowest BCUT2D eigenvalue weighted by atomic mass is 10.0. The monoisotopic (exact) mass is 484 g/mol. The highest BCUT2D eigenvalue weighted by atomic mass is 32.2. The molecule has 2 aromatic carbocycles. The summed E-state index contributed by atoms with van der Waals surface area (Å²) in [5, 5.41) is 23.9. The number of H-pyrrole nitrogens is 1. The van der Waals surface area contributed by atoms with Crippen LogP contribution in [0.3, 0.4) is 0 Å². The summed E-state index contributed by atoms with van der Waals surface area (Å²) in [4.78, 5) is 39.8. The number of benzene rings is 2. The number of anilines is 1. The second-order valence-corrected chi connectivity index (χ2v) is 8.52. The Morgan fingerprint density at radius 3 is 2.68 bits per heavy atom. The third-order valence-electron chi connectivity index (χ3n) is 4.74. The lowest BCUT2D eigenvalue weighted by Gasteiger charge is -2.19. The molecular formula is C22H24N6O5S. The van der Waals surface area contributed by atoms with Crippen LogP contribution >= 0.6 is 11.8 Å². The SMILES string of the molecule is COc1cccc(NC(=O)CSc2n[nH]c([C@@H](NC(=O)c3cccc([N+](=O)[O-])c3)C(C)C)n2)c1. The van der Waals surface area contributed by atoms with Crippen molar-refractivity contribution in [2.75, 3.05) is 18.2 Å². The zero-order valence-corrected chi connectivity index (χ0v) is 19.6. The van der Waals surface area contributed by atoms with Gasteiger partial charge >= 0.3 is 0 Å². The van der Waals surface area contributed by atoms with Crippen LogP contribution in [0.15, 0.2) is 53.7 Å². The van der Waals surface area contributed by atoms with E-state index in [1.54, 1.807) is 31.4 Å². The Kier molecular flexibility index (Phi) is 8.19. The van der Waals surface area contributed by atoms with Crippen molar-refractivity contribution in [2.24, 2.45) is 5.92 Å². The first-order valence-electron chi connectivity index (χ1n) is 10.3. The molecule has 0 spiro atoms. The van der Waals surface area contributed by atoms with Gasteiger partial charge in [0.1, 0.15) is 11.6 Å². The summed E-state index contributed by atoms with van der Waals surface area (Å²) in [6, 6.07) is 12.0. The smallest absolute Gasteiger partial charge is 0.270 e. The summed E-state index contributed by atoms with van der Waals surface area (Å²) in [5.41, 5.74) is 0.617. The summed E-state index contributed by atoms with van der Waals surface area (Å²) in [6.07, 6.45) is 0. The topological polar surface area (TPSA) is 152 Å². The van der Waals surface area contributed by atoms with Gasteiger partial charge in [-0.1, -0.05) is 37.7 Å². The van der Waals surface area contributed by atoms with Crippen LogP contribution in [0.5, 0.6) is 5.75 Å². The van der Waals surface area contributed by atoms with Crippen LogP contribution in [0.1, 0.15) is 36.1 Å². The molecule has 1 atom stereocenters. The third-order valence-corrected chi connectivity index (χ3v) is 5.58. The highest BCUT2D eigenvalue weighted by Gasteiger charge is 2.24. The molecule has 0 radical (unpaired) electrons. The average Bonchev–Trinajstić information content (AvgIpc) is 3.29. The molecule has 178 valence electrons. The van der Waals surface area contributed by atoms with Crippen LogP contribution in [-0.2, 0) is 4.79 Å². The molecule has 0 unspecified atom stereocenters. The summed E-state index contributed by atoms with van der Waals surface area (Å²) in [5.74, 6) is 0.390. The van der Waals surface area contributed by atoms with Gasteiger partial charge in [0, 0.05) is 29.4 Å². The normalized spacial score (nSPS) is 11.6. The molecule has 0 saturated heterocycles. The second-order valence-electron chi connectivity index (χ2n) is 7.57. The molecule has 2 amide bonds. The summed E-state index contributed by atoms with van der Waals surface area (Å²) in [7, 11) is 1.55. The van der Waals surface area contributed by atoms with E-state index in [0.717, 1.165) is 11.8 Å². The van der Waals surface area contributed by atoms with E-state index in [1.807, 2.05) is 13.8 Å². The first-order valence-corrected chi connectivity index (χ1v) is 11.3. The summed E-state index contributed by atoms with van der Waals surface area (Å²) >= 11 is 1.14. The van der Waals surface area contributed by atoms with Crippen molar-refractivity contribution >= 4 is 35.0 Å². The number of nitro benzene ring substituents is 1. The largest absolute Gasteiger partial charge is 0.497 e. The molecule has 3 N–H and O–H groups in total. The number of nitrogens with one attached hydrogen (secondary N) is 3. The number of rotatable bonds is 10. The Morgan fingerprint density at radius 1 is 1.21 bits per heavy atom. The Hall–Kier alpha value is -3.93. The standard InChI is InChI=1S/C22H24N6O5S/c1-13(2)19(24-21(30)14-6-4-8-16(10-14)28(31)32)20-25-22(27-26-20)34-12-18(29)23-15-7-5-9-17(11-15)33-3/h4-11,13,19H,12H2,1-3H3,(H,23,29)(H,24,30)(H,25,26,27)/t19-/m0/s1.